The molecule has 14 heavy (non-hydrogen) atoms. The topological polar surface area (TPSA) is 26.0 Å². The van der Waals surface area contributed by atoms with E-state index in [0.29, 0.717) is 0 Å². The highest BCUT2D eigenvalue weighted by atomic mass is 14.6. The van der Waals surface area contributed by atoms with Crippen LogP contribution >= 0.6 is 0 Å². The summed E-state index contributed by atoms with van der Waals surface area (Å²) in [6, 6.07) is 7.18. The van der Waals surface area contributed by atoms with Gasteiger partial charge in [0.15, 0.2) is 0 Å². The van der Waals surface area contributed by atoms with Gasteiger partial charge in [-0.1, -0.05) is 18.2 Å². The maximum atomic E-state index is 5.80. The maximum absolute atomic E-state index is 5.80. The van der Waals surface area contributed by atoms with Gasteiger partial charge in [-0.3, -0.25) is 0 Å². The first-order chi connectivity index (χ1) is 6.75. The number of hydrogen-bond acceptors (Lipinski definition) is 1. The van der Waals surface area contributed by atoms with Crippen molar-refractivity contribution in [1.29, 1.82) is 0 Å². The van der Waals surface area contributed by atoms with Gasteiger partial charge in [0.2, 0.25) is 0 Å². The molecule has 2 rings (SSSR count). The largest absolute Gasteiger partial charge is 0.328 e. The molecule has 0 spiro atoms. The number of rotatable bonds is 2. The van der Waals surface area contributed by atoms with Crippen molar-refractivity contribution in [1.82, 2.24) is 0 Å². The van der Waals surface area contributed by atoms with E-state index in [0.717, 1.165) is 6.42 Å². The van der Waals surface area contributed by atoms with Crippen LogP contribution < -0.4 is 5.73 Å². The van der Waals surface area contributed by atoms with Gasteiger partial charge >= 0.3 is 0 Å². The van der Waals surface area contributed by atoms with E-state index in [2.05, 4.69) is 25.1 Å². The van der Waals surface area contributed by atoms with E-state index < -0.39 is 0 Å². The molecule has 1 unspecified atom stereocenters. The van der Waals surface area contributed by atoms with Gasteiger partial charge in [-0.25, -0.2) is 0 Å². The van der Waals surface area contributed by atoms with E-state index in [4.69, 9.17) is 5.73 Å². The van der Waals surface area contributed by atoms with Crippen LogP contribution in [0.2, 0.25) is 0 Å². The Kier molecular flexibility index (Phi) is 2.87. The zero-order valence-electron chi connectivity index (χ0n) is 8.92. The van der Waals surface area contributed by atoms with Crippen molar-refractivity contribution in [2.75, 3.05) is 0 Å². The average molecular weight is 189 g/mol. The lowest BCUT2D eigenvalue weighted by Gasteiger charge is -2.17. The molecule has 0 fully saturated rings. The van der Waals surface area contributed by atoms with Gasteiger partial charge in [0.05, 0.1) is 0 Å². The lowest BCUT2D eigenvalue weighted by atomic mass is 9.89. The Morgan fingerprint density at radius 2 is 1.93 bits per heavy atom. The van der Waals surface area contributed by atoms with Crippen LogP contribution in [0.15, 0.2) is 18.2 Å². The van der Waals surface area contributed by atoms with Gasteiger partial charge in [-0.05, 0) is 55.7 Å². The molecule has 0 aromatic heterocycles. The van der Waals surface area contributed by atoms with Crippen LogP contribution in [0.4, 0.5) is 0 Å². The van der Waals surface area contributed by atoms with Crippen molar-refractivity contribution >= 4 is 0 Å². The van der Waals surface area contributed by atoms with Crippen molar-refractivity contribution in [3.8, 4) is 0 Å². The first-order valence-corrected chi connectivity index (χ1v) is 5.62. The van der Waals surface area contributed by atoms with E-state index in [1.807, 2.05) is 0 Å². The SMILES string of the molecule is CC(N)Cc1ccc2c(c1)CCCC2. The molecule has 0 amide bonds. The second-order valence-corrected chi connectivity index (χ2v) is 4.49. The Balaban J connectivity index is 2.20. The molecule has 1 aromatic carbocycles. The minimum Gasteiger partial charge on any atom is -0.328 e. The summed E-state index contributed by atoms with van der Waals surface area (Å²) in [6.45, 7) is 2.07. The summed E-state index contributed by atoms with van der Waals surface area (Å²) >= 11 is 0. The Bertz CT molecular complexity index is 315. The molecule has 0 saturated carbocycles. The second-order valence-electron chi connectivity index (χ2n) is 4.49. The Morgan fingerprint density at radius 1 is 1.21 bits per heavy atom. The van der Waals surface area contributed by atoms with Gasteiger partial charge in [0, 0.05) is 6.04 Å². The van der Waals surface area contributed by atoms with E-state index in [1.54, 1.807) is 11.1 Å². The Labute approximate surface area is 86.3 Å². The van der Waals surface area contributed by atoms with Crippen LogP contribution in [0.3, 0.4) is 0 Å². The quantitative estimate of drug-likeness (QED) is 0.760. The Morgan fingerprint density at radius 3 is 2.64 bits per heavy atom. The molecule has 0 bridgehead atoms. The molecule has 0 saturated heterocycles. The molecule has 1 nitrogen and oxygen atoms in total. The zero-order chi connectivity index (χ0) is 9.97. The standard InChI is InChI=1S/C13H19N/c1-10(14)8-11-6-7-12-4-2-3-5-13(12)9-11/h6-7,9-10H,2-5,8,14H2,1H3. The van der Waals surface area contributed by atoms with E-state index in [9.17, 15) is 0 Å². The maximum Gasteiger partial charge on any atom is 0.00509 e. The first kappa shape index (κ1) is 9.72. The van der Waals surface area contributed by atoms with Gasteiger partial charge < -0.3 is 5.73 Å². The summed E-state index contributed by atoms with van der Waals surface area (Å²) in [7, 11) is 0. The van der Waals surface area contributed by atoms with E-state index in [1.165, 1.54) is 31.2 Å². The minimum atomic E-state index is 0.275. The monoisotopic (exact) mass is 189 g/mol. The molecule has 1 heteroatoms. The normalized spacial score (nSPS) is 17.6. The second kappa shape index (κ2) is 4.14. The third-order valence-corrected chi connectivity index (χ3v) is 2.97. The lowest BCUT2D eigenvalue weighted by molar-refractivity contribution is 0.680. The molecule has 76 valence electrons. The molecule has 1 aliphatic carbocycles. The highest BCUT2D eigenvalue weighted by Gasteiger charge is 2.09. The van der Waals surface area contributed by atoms with Gasteiger partial charge in [0.1, 0.15) is 0 Å². The molecule has 1 aromatic rings. The highest BCUT2D eigenvalue weighted by molar-refractivity contribution is 5.34. The molecule has 0 heterocycles. The fraction of sp³-hybridized carbons (Fsp3) is 0.538. The third kappa shape index (κ3) is 2.16. The molecule has 1 aliphatic rings. The summed E-state index contributed by atoms with van der Waals surface area (Å²) < 4.78 is 0. The molecule has 0 aliphatic heterocycles. The van der Waals surface area contributed by atoms with Crippen molar-refractivity contribution < 1.29 is 0 Å². The third-order valence-electron chi connectivity index (χ3n) is 2.97. The van der Waals surface area contributed by atoms with Gasteiger partial charge in [-0.15, -0.1) is 0 Å². The van der Waals surface area contributed by atoms with E-state index >= 15 is 0 Å². The number of hydrogen-bond donors (Lipinski definition) is 1. The summed E-state index contributed by atoms with van der Waals surface area (Å²) in [5.74, 6) is 0. The fourth-order valence-electron chi connectivity index (χ4n) is 2.29. The van der Waals surface area contributed by atoms with Crippen molar-refractivity contribution in [3.63, 3.8) is 0 Å². The molecular weight excluding hydrogens is 170 g/mol. The number of fused-ring (bicyclic) bond motifs is 1. The van der Waals surface area contributed by atoms with Gasteiger partial charge in [-0.2, -0.15) is 0 Å². The fourth-order valence-corrected chi connectivity index (χ4v) is 2.29. The van der Waals surface area contributed by atoms with Crippen LogP contribution in [0.25, 0.3) is 0 Å². The number of benzene rings is 1. The predicted octanol–water partition coefficient (Wildman–Crippen LogP) is 2.46. The summed E-state index contributed by atoms with van der Waals surface area (Å²) in [5.41, 5.74) is 10.3. The zero-order valence-corrected chi connectivity index (χ0v) is 8.92. The van der Waals surface area contributed by atoms with E-state index in [-0.39, 0.29) is 6.04 Å². The summed E-state index contributed by atoms with van der Waals surface area (Å²) in [4.78, 5) is 0. The van der Waals surface area contributed by atoms with Crippen molar-refractivity contribution in [2.45, 2.75) is 45.1 Å². The molecule has 1 atom stereocenters. The summed E-state index contributed by atoms with van der Waals surface area (Å²) in [5, 5.41) is 0. The smallest absolute Gasteiger partial charge is 0.00509 e. The number of aryl methyl sites for hydroxylation is 2. The number of nitrogens with two attached hydrogens (primary N) is 1. The predicted molar refractivity (Wildman–Crippen MR) is 60.4 cm³/mol. The van der Waals surface area contributed by atoms with Crippen LogP contribution in [0, 0.1) is 0 Å². The highest BCUT2D eigenvalue weighted by Crippen LogP contribution is 2.22. The van der Waals surface area contributed by atoms with Crippen molar-refractivity contribution in [3.05, 3.63) is 34.9 Å². The lowest BCUT2D eigenvalue weighted by Crippen LogP contribution is -2.18. The van der Waals surface area contributed by atoms with Gasteiger partial charge in [0.25, 0.3) is 0 Å². The van der Waals surface area contributed by atoms with Crippen LogP contribution in [-0.4, -0.2) is 6.04 Å². The average Bonchev–Trinajstić information content (AvgIpc) is 2.17. The molecule has 0 radical (unpaired) electrons. The Hall–Kier alpha value is -0.820. The first-order valence-electron chi connectivity index (χ1n) is 5.62. The molecular formula is C13H19N. The van der Waals surface area contributed by atoms with Crippen LogP contribution in [0.1, 0.15) is 36.5 Å². The van der Waals surface area contributed by atoms with Crippen molar-refractivity contribution in [2.24, 2.45) is 5.73 Å². The van der Waals surface area contributed by atoms with Crippen LogP contribution in [-0.2, 0) is 19.3 Å². The summed E-state index contributed by atoms with van der Waals surface area (Å²) in [6.07, 6.45) is 6.26. The van der Waals surface area contributed by atoms with Crippen LogP contribution in [0.5, 0.6) is 0 Å². The molecule has 2 N–H and O–H groups in total. The minimum absolute atomic E-state index is 0.275.